The average molecular weight is 328 g/mol. The Morgan fingerprint density at radius 3 is 3.04 bits per heavy atom. The molecule has 8 heteroatoms. The molecule has 1 atom stereocenters. The van der Waals surface area contributed by atoms with E-state index in [-0.39, 0.29) is 18.0 Å². The molecule has 1 aromatic heterocycles. The standard InChI is InChI=1S/C15H22F2N4O2/c1-20-6-4-12-11(9-20)13-15(16,17)5-3-10(8-21(13)19-12)7-18-14(22)23-2/h10H,3-9H2,1-2H3,(H,18,22). The van der Waals surface area contributed by atoms with Gasteiger partial charge >= 0.3 is 6.09 Å². The molecule has 1 N–H and O–H groups in total. The Kier molecular flexibility index (Phi) is 4.27. The number of fused-ring (bicyclic) bond motifs is 3. The molecule has 1 unspecified atom stereocenters. The molecule has 1 amide bonds. The summed E-state index contributed by atoms with van der Waals surface area (Å²) < 4.78 is 35.3. The van der Waals surface area contributed by atoms with Gasteiger partial charge < -0.3 is 15.0 Å². The molecule has 0 radical (unpaired) electrons. The number of aromatic nitrogens is 2. The van der Waals surface area contributed by atoms with Crippen molar-refractivity contribution in [1.29, 1.82) is 0 Å². The number of carbonyl (C=O) groups excluding carboxylic acids is 1. The predicted octanol–water partition coefficient (Wildman–Crippen LogP) is 1.73. The number of nitrogens with zero attached hydrogens (tertiary/aromatic N) is 3. The first-order valence-corrected chi connectivity index (χ1v) is 7.88. The quantitative estimate of drug-likeness (QED) is 0.898. The van der Waals surface area contributed by atoms with Crippen molar-refractivity contribution in [3.05, 3.63) is 17.0 Å². The van der Waals surface area contributed by atoms with Crippen LogP contribution in [0.4, 0.5) is 13.6 Å². The van der Waals surface area contributed by atoms with Crippen molar-refractivity contribution in [3.63, 3.8) is 0 Å². The van der Waals surface area contributed by atoms with Crippen molar-refractivity contribution in [3.8, 4) is 0 Å². The maximum absolute atomic E-state index is 14.7. The first-order valence-electron chi connectivity index (χ1n) is 7.88. The summed E-state index contributed by atoms with van der Waals surface area (Å²) in [5.74, 6) is -2.96. The minimum Gasteiger partial charge on any atom is -0.453 e. The summed E-state index contributed by atoms with van der Waals surface area (Å²) in [6.45, 7) is 2.06. The molecule has 3 heterocycles. The molecule has 128 valence electrons. The lowest BCUT2D eigenvalue weighted by atomic mass is 9.98. The lowest BCUT2D eigenvalue weighted by molar-refractivity contribution is -0.0218. The second-order valence-electron chi connectivity index (χ2n) is 6.43. The molecule has 2 aliphatic rings. The smallest absolute Gasteiger partial charge is 0.406 e. The highest BCUT2D eigenvalue weighted by atomic mass is 19.3. The molecule has 0 fully saturated rings. The Morgan fingerprint density at radius 2 is 2.30 bits per heavy atom. The summed E-state index contributed by atoms with van der Waals surface area (Å²) in [6.07, 6.45) is 0.281. The minimum absolute atomic E-state index is 0.0691. The summed E-state index contributed by atoms with van der Waals surface area (Å²) in [7, 11) is 3.22. The van der Waals surface area contributed by atoms with E-state index in [1.165, 1.54) is 11.8 Å². The zero-order valence-electron chi connectivity index (χ0n) is 13.4. The number of rotatable bonds is 2. The summed E-state index contributed by atoms with van der Waals surface area (Å²) in [6, 6.07) is 0. The maximum Gasteiger partial charge on any atom is 0.406 e. The maximum atomic E-state index is 14.7. The highest BCUT2D eigenvalue weighted by Gasteiger charge is 2.43. The largest absolute Gasteiger partial charge is 0.453 e. The van der Waals surface area contributed by atoms with Gasteiger partial charge in [0.05, 0.1) is 12.8 Å². The molecule has 3 rings (SSSR count). The zero-order valence-corrected chi connectivity index (χ0v) is 13.4. The van der Waals surface area contributed by atoms with Crippen molar-refractivity contribution in [1.82, 2.24) is 20.0 Å². The fourth-order valence-corrected chi connectivity index (χ4v) is 3.41. The lowest BCUT2D eigenvalue weighted by Crippen LogP contribution is -2.31. The van der Waals surface area contributed by atoms with Gasteiger partial charge in [-0.15, -0.1) is 0 Å². The third kappa shape index (κ3) is 3.17. The Morgan fingerprint density at radius 1 is 1.52 bits per heavy atom. The zero-order chi connectivity index (χ0) is 16.6. The van der Waals surface area contributed by atoms with Gasteiger partial charge in [0.1, 0.15) is 5.69 Å². The van der Waals surface area contributed by atoms with Gasteiger partial charge in [-0.3, -0.25) is 4.68 Å². The summed E-state index contributed by atoms with van der Waals surface area (Å²) in [5.41, 5.74) is 1.55. The van der Waals surface area contributed by atoms with Gasteiger partial charge in [-0.2, -0.15) is 13.9 Å². The topological polar surface area (TPSA) is 59.4 Å². The number of likely N-dealkylation sites (N-methyl/N-ethyl adjacent to an activating group) is 1. The van der Waals surface area contributed by atoms with Crippen LogP contribution in [0.2, 0.25) is 0 Å². The Labute approximate surface area is 133 Å². The van der Waals surface area contributed by atoms with Gasteiger partial charge in [0.15, 0.2) is 0 Å². The lowest BCUT2D eigenvalue weighted by Gasteiger charge is -2.24. The van der Waals surface area contributed by atoms with Crippen LogP contribution in [0.5, 0.6) is 0 Å². The molecule has 0 saturated heterocycles. The fourth-order valence-electron chi connectivity index (χ4n) is 3.41. The van der Waals surface area contributed by atoms with Crippen LogP contribution in [-0.4, -0.2) is 48.0 Å². The number of ether oxygens (including phenoxy) is 1. The number of alkyl carbamates (subject to hydrolysis) is 1. The molecule has 2 aliphatic heterocycles. The second-order valence-corrected chi connectivity index (χ2v) is 6.43. The van der Waals surface area contributed by atoms with Crippen LogP contribution in [0.3, 0.4) is 0 Å². The van der Waals surface area contributed by atoms with E-state index in [0.29, 0.717) is 38.0 Å². The Bertz CT molecular complexity index is 603. The predicted molar refractivity (Wildman–Crippen MR) is 79.3 cm³/mol. The van der Waals surface area contributed by atoms with Crippen molar-refractivity contribution in [2.75, 3.05) is 27.2 Å². The summed E-state index contributed by atoms with van der Waals surface area (Å²) >= 11 is 0. The number of halogens is 2. The SMILES string of the molecule is COC(=O)NCC1CCC(F)(F)c2c3c(nn2C1)CCN(C)C3. The number of hydrogen-bond donors (Lipinski definition) is 1. The highest BCUT2D eigenvalue weighted by molar-refractivity contribution is 5.66. The molecular formula is C15H22F2N4O2. The number of amides is 1. The van der Waals surface area contributed by atoms with E-state index in [2.05, 4.69) is 15.2 Å². The molecule has 6 nitrogen and oxygen atoms in total. The normalized spacial score (nSPS) is 23.6. The van der Waals surface area contributed by atoms with Crippen LogP contribution in [0, 0.1) is 5.92 Å². The second kappa shape index (κ2) is 6.07. The van der Waals surface area contributed by atoms with E-state index in [9.17, 15) is 13.6 Å². The third-order valence-electron chi connectivity index (χ3n) is 4.66. The van der Waals surface area contributed by atoms with E-state index in [1.54, 1.807) is 0 Å². The molecule has 0 saturated carbocycles. The van der Waals surface area contributed by atoms with Crippen LogP contribution in [0.1, 0.15) is 29.8 Å². The van der Waals surface area contributed by atoms with Crippen LogP contribution in [0.15, 0.2) is 0 Å². The van der Waals surface area contributed by atoms with Crippen LogP contribution in [0.25, 0.3) is 0 Å². The molecule has 0 bridgehead atoms. The first-order chi connectivity index (χ1) is 10.9. The summed E-state index contributed by atoms with van der Waals surface area (Å²) in [5, 5.41) is 7.05. The van der Waals surface area contributed by atoms with E-state index in [1.807, 2.05) is 11.9 Å². The van der Waals surface area contributed by atoms with Gasteiger partial charge in [0, 0.05) is 44.6 Å². The highest BCUT2D eigenvalue weighted by Crippen LogP contribution is 2.41. The molecule has 23 heavy (non-hydrogen) atoms. The number of alkyl halides is 2. The molecule has 0 aromatic carbocycles. The van der Waals surface area contributed by atoms with Crippen molar-refractivity contribution < 1.29 is 18.3 Å². The van der Waals surface area contributed by atoms with Crippen LogP contribution >= 0.6 is 0 Å². The number of nitrogens with one attached hydrogen (secondary N) is 1. The Balaban J connectivity index is 1.85. The number of methoxy groups -OCH3 is 1. The summed E-state index contributed by atoms with van der Waals surface area (Å²) in [4.78, 5) is 13.2. The van der Waals surface area contributed by atoms with Gasteiger partial charge in [-0.05, 0) is 19.4 Å². The molecular weight excluding hydrogens is 306 g/mol. The first kappa shape index (κ1) is 16.2. The van der Waals surface area contributed by atoms with Crippen molar-refractivity contribution in [2.45, 2.75) is 38.3 Å². The van der Waals surface area contributed by atoms with Crippen molar-refractivity contribution >= 4 is 6.09 Å². The minimum atomic E-state index is -2.88. The monoisotopic (exact) mass is 328 g/mol. The van der Waals surface area contributed by atoms with Gasteiger partial charge in [0.25, 0.3) is 5.92 Å². The van der Waals surface area contributed by atoms with E-state index in [4.69, 9.17) is 0 Å². The molecule has 0 spiro atoms. The van der Waals surface area contributed by atoms with Gasteiger partial charge in [-0.1, -0.05) is 0 Å². The van der Waals surface area contributed by atoms with E-state index < -0.39 is 12.0 Å². The van der Waals surface area contributed by atoms with Gasteiger partial charge in [-0.25, -0.2) is 4.79 Å². The van der Waals surface area contributed by atoms with Crippen LogP contribution in [-0.2, 0) is 30.2 Å². The van der Waals surface area contributed by atoms with Crippen molar-refractivity contribution in [2.24, 2.45) is 5.92 Å². The Hall–Kier alpha value is -1.70. The average Bonchev–Trinajstić information content (AvgIpc) is 2.81. The van der Waals surface area contributed by atoms with Gasteiger partial charge in [0.2, 0.25) is 0 Å². The van der Waals surface area contributed by atoms with E-state index >= 15 is 0 Å². The number of hydrogen-bond acceptors (Lipinski definition) is 4. The molecule has 1 aromatic rings. The van der Waals surface area contributed by atoms with Crippen LogP contribution < -0.4 is 5.32 Å². The number of carbonyl (C=O) groups is 1. The van der Waals surface area contributed by atoms with E-state index in [0.717, 1.165) is 12.2 Å². The fraction of sp³-hybridized carbons (Fsp3) is 0.733. The third-order valence-corrected chi connectivity index (χ3v) is 4.66. The molecule has 0 aliphatic carbocycles.